The Kier molecular flexibility index (Phi) is 3.99. The highest BCUT2D eigenvalue weighted by Gasteiger charge is 2.21. The van der Waals surface area contributed by atoms with Gasteiger partial charge in [0.2, 0.25) is 0 Å². The predicted octanol–water partition coefficient (Wildman–Crippen LogP) is 13.7. The van der Waals surface area contributed by atoms with Gasteiger partial charge in [-0.25, -0.2) is 0 Å². The van der Waals surface area contributed by atoms with E-state index >= 15 is 0 Å². The molecular formula is C48H30O. The predicted molar refractivity (Wildman–Crippen MR) is 208 cm³/mol. The zero-order chi connectivity index (χ0) is 43.6. The molecule has 1 aromatic heterocycles. The van der Waals surface area contributed by atoms with E-state index in [0.717, 1.165) is 21.9 Å². The van der Waals surface area contributed by atoms with Gasteiger partial charge in [-0.15, -0.1) is 0 Å². The van der Waals surface area contributed by atoms with Crippen molar-refractivity contribution in [2.45, 2.75) is 0 Å². The topological polar surface area (TPSA) is 13.1 Å². The fraction of sp³-hybridized carbons (Fsp3) is 0. The molecule has 0 saturated carbocycles. The minimum atomic E-state index is -0.565. The summed E-state index contributed by atoms with van der Waals surface area (Å²) >= 11 is 0. The van der Waals surface area contributed by atoms with E-state index in [4.69, 9.17) is 16.8 Å². The lowest BCUT2D eigenvalue weighted by atomic mass is 9.84. The summed E-state index contributed by atoms with van der Waals surface area (Å²) in [5.74, 6) is 0. The van der Waals surface area contributed by atoms with Crippen LogP contribution in [0, 0.1) is 0 Å². The van der Waals surface area contributed by atoms with Crippen LogP contribution in [0.3, 0.4) is 0 Å². The molecule has 10 aromatic rings. The molecule has 0 aliphatic rings. The lowest BCUT2D eigenvalue weighted by molar-refractivity contribution is 0.673. The lowest BCUT2D eigenvalue weighted by Gasteiger charge is -2.18. The summed E-state index contributed by atoms with van der Waals surface area (Å²) in [6, 6.07) is 25.0. The average Bonchev–Trinajstić information content (AvgIpc) is 3.69. The number of hydrogen-bond donors (Lipinski definition) is 0. The molecule has 0 aliphatic heterocycles. The molecule has 0 fully saturated rings. The molecule has 9 aromatic carbocycles. The first-order valence-corrected chi connectivity index (χ1v) is 15.8. The van der Waals surface area contributed by atoms with E-state index in [1.165, 1.54) is 6.07 Å². The van der Waals surface area contributed by atoms with Gasteiger partial charge in [0.25, 0.3) is 0 Å². The van der Waals surface area contributed by atoms with E-state index < -0.39 is 78.6 Å². The zero-order valence-corrected chi connectivity index (χ0v) is 25.7. The summed E-state index contributed by atoms with van der Waals surface area (Å²) in [5, 5.41) is 2.99. The SMILES string of the molecule is [2H]c1c([2H])c([2H])c(-c2cccc(-c3c4c([2H])c([2H])c([2H])c([2H])c4c(-c4cccc5oc6c7ccc(-c8ccccc8)cc7ccc6c45)c4c([2H])c([2H])c([2H])c([2H])c34)c2)c([2H])c1[2H]. The summed E-state index contributed by atoms with van der Waals surface area (Å²) in [6.45, 7) is 0. The van der Waals surface area contributed by atoms with Crippen molar-refractivity contribution in [3.05, 3.63) is 182 Å². The van der Waals surface area contributed by atoms with Crippen molar-refractivity contribution in [2.75, 3.05) is 0 Å². The van der Waals surface area contributed by atoms with Crippen molar-refractivity contribution in [3.63, 3.8) is 0 Å². The maximum absolute atomic E-state index is 9.49. The van der Waals surface area contributed by atoms with Gasteiger partial charge < -0.3 is 4.42 Å². The van der Waals surface area contributed by atoms with Crippen molar-refractivity contribution in [2.24, 2.45) is 0 Å². The number of furan rings is 1. The van der Waals surface area contributed by atoms with Crippen LogP contribution in [0.25, 0.3) is 98.8 Å². The van der Waals surface area contributed by atoms with Crippen LogP contribution in [-0.4, -0.2) is 0 Å². The fourth-order valence-electron chi connectivity index (χ4n) is 7.04. The second-order valence-electron chi connectivity index (χ2n) is 11.9. The second-order valence-corrected chi connectivity index (χ2v) is 11.9. The summed E-state index contributed by atoms with van der Waals surface area (Å²) in [5.41, 5.74) is 4.08. The van der Waals surface area contributed by atoms with Crippen molar-refractivity contribution in [3.8, 4) is 44.5 Å². The van der Waals surface area contributed by atoms with Crippen LogP contribution in [0.5, 0.6) is 0 Å². The summed E-state index contributed by atoms with van der Waals surface area (Å²) < 4.78 is 122. The largest absolute Gasteiger partial charge is 0.455 e. The molecule has 1 heterocycles. The smallest absolute Gasteiger partial charge is 0.143 e. The highest BCUT2D eigenvalue weighted by atomic mass is 16.3. The van der Waals surface area contributed by atoms with Gasteiger partial charge in [-0.05, 0) is 102 Å². The van der Waals surface area contributed by atoms with Crippen LogP contribution in [0.15, 0.2) is 186 Å². The maximum atomic E-state index is 9.49. The minimum Gasteiger partial charge on any atom is -0.455 e. The van der Waals surface area contributed by atoms with E-state index in [9.17, 15) is 5.48 Å². The molecule has 228 valence electrons. The highest BCUT2D eigenvalue weighted by Crippen LogP contribution is 2.48. The second kappa shape index (κ2) is 11.1. The van der Waals surface area contributed by atoms with Crippen molar-refractivity contribution in [1.82, 2.24) is 0 Å². The molecule has 0 unspecified atom stereocenters. The van der Waals surface area contributed by atoms with Gasteiger partial charge >= 0.3 is 0 Å². The lowest BCUT2D eigenvalue weighted by Crippen LogP contribution is -1.91. The Balaban J connectivity index is 1.36. The van der Waals surface area contributed by atoms with E-state index in [0.29, 0.717) is 27.5 Å². The molecule has 1 heteroatoms. The van der Waals surface area contributed by atoms with Crippen LogP contribution in [-0.2, 0) is 0 Å². The van der Waals surface area contributed by atoms with Gasteiger partial charge in [0.15, 0.2) is 0 Å². The third-order valence-electron chi connectivity index (χ3n) is 9.17. The van der Waals surface area contributed by atoms with Gasteiger partial charge in [-0.2, -0.15) is 0 Å². The zero-order valence-electron chi connectivity index (χ0n) is 38.7. The van der Waals surface area contributed by atoms with Gasteiger partial charge in [-0.3, -0.25) is 0 Å². The number of benzene rings is 9. The molecule has 0 amide bonds. The van der Waals surface area contributed by atoms with Gasteiger partial charge in [0, 0.05) is 16.2 Å². The Morgan fingerprint density at radius 3 is 1.76 bits per heavy atom. The molecule has 0 atom stereocenters. The van der Waals surface area contributed by atoms with E-state index in [2.05, 4.69) is 6.07 Å². The molecule has 0 bridgehead atoms. The monoisotopic (exact) mass is 635 g/mol. The molecule has 1 nitrogen and oxygen atoms in total. The van der Waals surface area contributed by atoms with Crippen molar-refractivity contribution >= 4 is 54.3 Å². The van der Waals surface area contributed by atoms with E-state index in [1.54, 1.807) is 36.4 Å². The van der Waals surface area contributed by atoms with Crippen molar-refractivity contribution in [1.29, 1.82) is 0 Å². The van der Waals surface area contributed by atoms with E-state index in [1.807, 2.05) is 54.6 Å². The Morgan fingerprint density at radius 2 is 1.00 bits per heavy atom. The fourth-order valence-corrected chi connectivity index (χ4v) is 7.04. The molecule has 0 aliphatic carbocycles. The Hall–Kier alpha value is -6.44. The standard InChI is InChI=1S/C48H30O/c1-3-13-31(14-4-1)33-17-11-18-36(30-33)45-38-19-7-9-21-40(38)46(41-22-10-8-20-39(41)45)42-23-12-24-44-47(42)43-28-26-35-29-34(32-15-5-2-6-16-32)25-27-37(35)48(43)49-44/h1-30H/i1D,3D,4D,7D,8D,9D,10D,13D,14D,19D,20D,21D,22D. The number of hydrogen-bond acceptors (Lipinski definition) is 1. The van der Waals surface area contributed by atoms with Crippen LogP contribution in [0.4, 0.5) is 0 Å². The quantitative estimate of drug-likeness (QED) is 0.175. The third-order valence-corrected chi connectivity index (χ3v) is 9.17. The van der Waals surface area contributed by atoms with Crippen molar-refractivity contribution < 1.29 is 22.2 Å². The summed E-state index contributed by atoms with van der Waals surface area (Å²) in [6.07, 6.45) is 0. The Morgan fingerprint density at radius 1 is 0.388 bits per heavy atom. The Labute approximate surface area is 302 Å². The molecule has 0 N–H and O–H groups in total. The minimum absolute atomic E-state index is 0.00637. The molecular weight excluding hydrogens is 593 g/mol. The van der Waals surface area contributed by atoms with Crippen LogP contribution in [0.1, 0.15) is 17.8 Å². The van der Waals surface area contributed by atoms with Gasteiger partial charge in [0.05, 0.1) is 17.8 Å². The first kappa shape index (κ1) is 17.6. The maximum Gasteiger partial charge on any atom is 0.143 e. The van der Waals surface area contributed by atoms with Crippen LogP contribution >= 0.6 is 0 Å². The third kappa shape index (κ3) is 4.40. The van der Waals surface area contributed by atoms with Gasteiger partial charge in [-0.1, -0.05) is 151 Å². The summed E-state index contributed by atoms with van der Waals surface area (Å²) in [4.78, 5) is 0. The molecule has 0 radical (unpaired) electrons. The highest BCUT2D eigenvalue weighted by molar-refractivity contribution is 6.27. The first-order valence-electron chi connectivity index (χ1n) is 22.3. The van der Waals surface area contributed by atoms with E-state index in [-0.39, 0.29) is 49.4 Å². The number of fused-ring (bicyclic) bond motifs is 7. The normalized spacial score (nSPS) is 15.4. The first-order chi connectivity index (χ1) is 29.7. The molecule has 0 spiro atoms. The average molecular weight is 636 g/mol. The van der Waals surface area contributed by atoms with Crippen LogP contribution in [0.2, 0.25) is 0 Å². The number of rotatable bonds is 4. The molecule has 49 heavy (non-hydrogen) atoms. The Bertz CT molecular complexity index is 3510. The van der Waals surface area contributed by atoms with Crippen LogP contribution < -0.4 is 0 Å². The van der Waals surface area contributed by atoms with Gasteiger partial charge in [0.1, 0.15) is 11.2 Å². The molecule has 0 saturated heterocycles. The molecule has 10 rings (SSSR count). The summed E-state index contributed by atoms with van der Waals surface area (Å²) in [7, 11) is 0.